The van der Waals surface area contributed by atoms with Gasteiger partial charge in [0, 0.05) is 24.0 Å². The van der Waals surface area contributed by atoms with Gasteiger partial charge in [-0.1, -0.05) is 23.7 Å². The Morgan fingerprint density at radius 1 is 1.22 bits per heavy atom. The molecular weight excluding hydrogens is 310 g/mol. The van der Waals surface area contributed by atoms with Crippen LogP contribution in [0.1, 0.15) is 23.3 Å². The molecule has 116 valence electrons. The molecule has 0 aliphatic heterocycles. The van der Waals surface area contributed by atoms with E-state index in [4.69, 9.17) is 11.6 Å². The fourth-order valence-corrected chi connectivity index (χ4v) is 2.78. The fourth-order valence-electron chi connectivity index (χ4n) is 2.59. The first kappa shape index (κ1) is 14.3. The normalized spacial score (nSPS) is 14.1. The predicted octanol–water partition coefficient (Wildman–Crippen LogP) is 3.79. The lowest BCUT2D eigenvalue weighted by molar-refractivity contribution is 0.0947. The number of fused-ring (bicyclic) bond motifs is 1. The monoisotopic (exact) mass is 325 g/mol. The van der Waals surface area contributed by atoms with E-state index < -0.39 is 0 Å². The maximum atomic E-state index is 12.1. The predicted molar refractivity (Wildman–Crippen MR) is 90.7 cm³/mol. The van der Waals surface area contributed by atoms with Crippen molar-refractivity contribution in [2.45, 2.75) is 12.8 Å². The lowest BCUT2D eigenvalue weighted by Gasteiger charge is -2.03. The van der Waals surface area contributed by atoms with Crippen LogP contribution in [0.2, 0.25) is 5.02 Å². The molecule has 2 heterocycles. The summed E-state index contributed by atoms with van der Waals surface area (Å²) in [5.74, 6) is 0.551. The van der Waals surface area contributed by atoms with Crippen molar-refractivity contribution in [2.75, 3.05) is 6.54 Å². The highest BCUT2D eigenvalue weighted by atomic mass is 35.5. The molecule has 0 saturated heterocycles. The maximum Gasteiger partial charge on any atom is 0.271 e. The van der Waals surface area contributed by atoms with Crippen molar-refractivity contribution in [3.63, 3.8) is 0 Å². The van der Waals surface area contributed by atoms with Crippen LogP contribution in [-0.4, -0.2) is 21.8 Å². The number of carbonyl (C=O) groups is 1. The number of hydrogen-bond donors (Lipinski definition) is 1. The minimum absolute atomic E-state index is 0.107. The lowest BCUT2D eigenvalue weighted by Crippen LogP contribution is -2.25. The van der Waals surface area contributed by atoms with Gasteiger partial charge in [-0.3, -0.25) is 4.79 Å². The van der Waals surface area contributed by atoms with Gasteiger partial charge in [0.2, 0.25) is 0 Å². The second-order valence-electron chi connectivity index (χ2n) is 5.97. The van der Waals surface area contributed by atoms with Crippen LogP contribution in [0, 0.1) is 5.92 Å². The topological polar surface area (TPSA) is 46.4 Å². The van der Waals surface area contributed by atoms with Gasteiger partial charge < -0.3 is 9.72 Å². The summed E-state index contributed by atoms with van der Waals surface area (Å²) >= 11 is 6.05. The lowest BCUT2D eigenvalue weighted by atomic mass is 10.1. The van der Waals surface area contributed by atoms with E-state index in [-0.39, 0.29) is 5.91 Å². The molecule has 1 aromatic carbocycles. The number of nitrogens with zero attached hydrogens (tertiary/aromatic N) is 2. The molecule has 0 bridgehead atoms. The Balaban J connectivity index is 1.62. The molecule has 1 aliphatic rings. The highest BCUT2D eigenvalue weighted by Gasteiger charge is 2.22. The molecule has 1 fully saturated rings. The van der Waals surface area contributed by atoms with Crippen molar-refractivity contribution in [2.24, 2.45) is 5.92 Å². The largest absolute Gasteiger partial charge is 0.350 e. The first-order valence-corrected chi connectivity index (χ1v) is 8.10. The number of halogens is 1. The van der Waals surface area contributed by atoms with Crippen LogP contribution in [0.25, 0.3) is 16.8 Å². The third-order valence-electron chi connectivity index (χ3n) is 4.09. The second kappa shape index (κ2) is 5.70. The molecular formula is C18H16ClN3O. The Morgan fingerprint density at radius 3 is 2.87 bits per heavy atom. The molecule has 23 heavy (non-hydrogen) atoms. The van der Waals surface area contributed by atoms with Crippen molar-refractivity contribution in [3.8, 4) is 11.1 Å². The third kappa shape index (κ3) is 3.08. The third-order valence-corrected chi connectivity index (χ3v) is 4.32. The van der Waals surface area contributed by atoms with Crippen LogP contribution < -0.4 is 5.32 Å². The summed E-state index contributed by atoms with van der Waals surface area (Å²) in [4.78, 5) is 16.5. The molecule has 0 unspecified atom stereocenters. The molecule has 5 heteroatoms. The zero-order valence-electron chi connectivity index (χ0n) is 12.5. The summed E-state index contributed by atoms with van der Waals surface area (Å²) in [6, 6.07) is 11.6. The van der Waals surface area contributed by atoms with Crippen molar-refractivity contribution < 1.29 is 4.79 Å². The van der Waals surface area contributed by atoms with Crippen LogP contribution >= 0.6 is 11.6 Å². The van der Waals surface area contributed by atoms with Crippen molar-refractivity contribution in [3.05, 3.63) is 59.5 Å². The summed E-state index contributed by atoms with van der Waals surface area (Å²) in [6.07, 6.45) is 6.17. The van der Waals surface area contributed by atoms with Crippen LogP contribution in [0.5, 0.6) is 0 Å². The van der Waals surface area contributed by atoms with Crippen LogP contribution in [0.3, 0.4) is 0 Å². The molecule has 2 aromatic heterocycles. The SMILES string of the molecule is O=C(NCC1CC1)c1cn2cc(-c3cccc(Cl)c3)ccc2n1. The van der Waals surface area contributed by atoms with E-state index in [9.17, 15) is 4.79 Å². The number of rotatable bonds is 4. The average Bonchev–Trinajstić information content (AvgIpc) is 3.28. The number of imidazole rings is 1. The smallest absolute Gasteiger partial charge is 0.271 e. The van der Waals surface area contributed by atoms with Gasteiger partial charge in [-0.25, -0.2) is 4.98 Å². The number of hydrogen-bond acceptors (Lipinski definition) is 2. The number of benzene rings is 1. The number of carbonyl (C=O) groups excluding carboxylic acids is 1. The summed E-state index contributed by atoms with van der Waals surface area (Å²) in [7, 11) is 0. The molecule has 4 rings (SSSR count). The number of nitrogens with one attached hydrogen (secondary N) is 1. The highest BCUT2D eigenvalue weighted by molar-refractivity contribution is 6.30. The highest BCUT2D eigenvalue weighted by Crippen LogP contribution is 2.27. The van der Waals surface area contributed by atoms with E-state index >= 15 is 0 Å². The van der Waals surface area contributed by atoms with Gasteiger partial charge >= 0.3 is 0 Å². The van der Waals surface area contributed by atoms with Gasteiger partial charge in [0.25, 0.3) is 5.91 Å². The first-order valence-electron chi connectivity index (χ1n) is 7.72. The quantitative estimate of drug-likeness (QED) is 0.793. The zero-order valence-corrected chi connectivity index (χ0v) is 13.3. The summed E-state index contributed by atoms with van der Waals surface area (Å²) in [6.45, 7) is 0.750. The Labute approximate surface area is 139 Å². The fraction of sp³-hybridized carbons (Fsp3) is 0.222. The van der Waals surface area contributed by atoms with E-state index in [2.05, 4.69) is 10.3 Å². The van der Waals surface area contributed by atoms with Crippen molar-refractivity contribution in [1.29, 1.82) is 0 Å². The van der Waals surface area contributed by atoms with Crippen molar-refractivity contribution >= 4 is 23.2 Å². The van der Waals surface area contributed by atoms with Crippen LogP contribution in [-0.2, 0) is 0 Å². The van der Waals surface area contributed by atoms with E-state index in [1.807, 2.05) is 47.0 Å². The number of aromatic nitrogens is 2. The van der Waals surface area contributed by atoms with Gasteiger partial charge in [-0.15, -0.1) is 0 Å². The molecule has 1 saturated carbocycles. The minimum Gasteiger partial charge on any atom is -0.350 e. The Bertz CT molecular complexity index is 883. The van der Waals surface area contributed by atoms with Gasteiger partial charge in [0.1, 0.15) is 11.3 Å². The average molecular weight is 326 g/mol. The number of pyridine rings is 1. The van der Waals surface area contributed by atoms with Crippen LogP contribution in [0.15, 0.2) is 48.8 Å². The van der Waals surface area contributed by atoms with E-state index in [0.29, 0.717) is 16.6 Å². The summed E-state index contributed by atoms with van der Waals surface area (Å²) < 4.78 is 1.88. The Hall–Kier alpha value is -2.33. The van der Waals surface area contributed by atoms with Gasteiger partial charge in [0.15, 0.2) is 0 Å². The molecule has 0 radical (unpaired) electrons. The Morgan fingerprint density at radius 2 is 2.09 bits per heavy atom. The summed E-state index contributed by atoms with van der Waals surface area (Å²) in [5, 5.41) is 3.65. The van der Waals surface area contributed by atoms with Gasteiger partial charge in [-0.2, -0.15) is 0 Å². The zero-order chi connectivity index (χ0) is 15.8. The first-order chi connectivity index (χ1) is 11.2. The molecule has 0 atom stereocenters. The van der Waals surface area contributed by atoms with Gasteiger partial charge in [-0.05, 0) is 54.2 Å². The molecule has 1 N–H and O–H groups in total. The molecule has 1 aliphatic carbocycles. The molecule has 1 amide bonds. The second-order valence-corrected chi connectivity index (χ2v) is 6.41. The van der Waals surface area contributed by atoms with E-state index in [1.54, 1.807) is 6.20 Å². The maximum absolute atomic E-state index is 12.1. The van der Waals surface area contributed by atoms with Crippen molar-refractivity contribution in [1.82, 2.24) is 14.7 Å². The standard InChI is InChI=1S/C18H16ClN3O/c19-15-3-1-2-13(8-15)14-6-7-17-21-16(11-22(17)10-14)18(23)20-9-12-4-5-12/h1-3,6-8,10-12H,4-5,9H2,(H,20,23). The molecule has 4 nitrogen and oxygen atoms in total. The van der Waals surface area contributed by atoms with Gasteiger partial charge in [0.05, 0.1) is 0 Å². The minimum atomic E-state index is -0.107. The van der Waals surface area contributed by atoms with E-state index in [0.717, 1.165) is 23.3 Å². The van der Waals surface area contributed by atoms with E-state index in [1.165, 1.54) is 12.8 Å². The summed E-state index contributed by atoms with van der Waals surface area (Å²) in [5.41, 5.74) is 3.27. The molecule has 0 spiro atoms. The number of amides is 1. The Kier molecular flexibility index (Phi) is 3.54. The van der Waals surface area contributed by atoms with Crippen LogP contribution in [0.4, 0.5) is 0 Å². The molecule has 3 aromatic rings.